The van der Waals surface area contributed by atoms with Gasteiger partial charge in [-0.15, -0.1) is 0 Å². The topological polar surface area (TPSA) is 59.3 Å². The fourth-order valence-corrected chi connectivity index (χ4v) is 2.77. The summed E-state index contributed by atoms with van der Waals surface area (Å²) in [5, 5.41) is 17.8. The Morgan fingerprint density at radius 3 is 2.70 bits per heavy atom. The van der Waals surface area contributed by atoms with Crippen molar-refractivity contribution < 1.29 is 9.84 Å². The molecule has 5 nitrogen and oxygen atoms in total. The van der Waals surface area contributed by atoms with Gasteiger partial charge >= 0.3 is 0 Å². The minimum Gasteiger partial charge on any atom is -0.394 e. The molecule has 2 rings (SSSR count). The van der Waals surface area contributed by atoms with Crippen LogP contribution in [-0.2, 0) is 11.3 Å². The summed E-state index contributed by atoms with van der Waals surface area (Å²) >= 11 is 0. The van der Waals surface area contributed by atoms with E-state index in [1.807, 2.05) is 0 Å². The van der Waals surface area contributed by atoms with E-state index in [0.717, 1.165) is 44.6 Å². The van der Waals surface area contributed by atoms with Gasteiger partial charge in [-0.3, -0.25) is 4.68 Å². The summed E-state index contributed by atoms with van der Waals surface area (Å²) < 4.78 is 7.43. The first-order valence-electron chi connectivity index (χ1n) is 7.70. The molecule has 0 saturated carbocycles. The van der Waals surface area contributed by atoms with Crippen molar-refractivity contribution in [2.24, 2.45) is 0 Å². The number of nitrogens with zero attached hydrogens (tertiary/aromatic N) is 2. The monoisotopic (exact) mass is 281 g/mol. The Bertz CT molecular complexity index is 396. The van der Waals surface area contributed by atoms with Crippen molar-refractivity contribution in [3.8, 4) is 0 Å². The number of hydrogen-bond acceptors (Lipinski definition) is 4. The highest BCUT2D eigenvalue weighted by Gasteiger charge is 2.31. The van der Waals surface area contributed by atoms with Gasteiger partial charge in [-0.2, -0.15) is 5.10 Å². The maximum Gasteiger partial charge on any atom is 0.0762 e. The minimum atomic E-state index is -0.197. The third kappa shape index (κ3) is 3.59. The van der Waals surface area contributed by atoms with Crippen molar-refractivity contribution >= 4 is 0 Å². The third-order valence-corrected chi connectivity index (χ3v) is 4.38. The average molecular weight is 281 g/mol. The van der Waals surface area contributed by atoms with Crippen molar-refractivity contribution in [3.05, 3.63) is 18.0 Å². The molecule has 2 heterocycles. The van der Waals surface area contributed by atoms with Crippen molar-refractivity contribution in [2.45, 2.75) is 57.7 Å². The van der Waals surface area contributed by atoms with Gasteiger partial charge in [0.15, 0.2) is 0 Å². The van der Waals surface area contributed by atoms with Crippen LogP contribution >= 0.6 is 0 Å². The summed E-state index contributed by atoms with van der Waals surface area (Å²) in [4.78, 5) is 0. The number of ether oxygens (including phenoxy) is 1. The van der Waals surface area contributed by atoms with E-state index in [2.05, 4.69) is 41.2 Å². The van der Waals surface area contributed by atoms with Gasteiger partial charge in [0.1, 0.15) is 0 Å². The summed E-state index contributed by atoms with van der Waals surface area (Å²) in [5.74, 6) is 0. The molecule has 1 aliphatic heterocycles. The highest BCUT2D eigenvalue weighted by Crippen LogP contribution is 2.21. The number of aliphatic hydroxyl groups excluding tert-OH is 1. The summed E-state index contributed by atoms with van der Waals surface area (Å²) in [6.45, 7) is 6.68. The lowest BCUT2D eigenvalue weighted by atomic mass is 9.91. The molecule has 20 heavy (non-hydrogen) atoms. The third-order valence-electron chi connectivity index (χ3n) is 4.38. The lowest BCUT2D eigenvalue weighted by molar-refractivity contribution is 0.0110. The first kappa shape index (κ1) is 15.5. The maximum absolute atomic E-state index is 9.65. The van der Waals surface area contributed by atoms with Crippen LogP contribution in [0.3, 0.4) is 0 Å². The molecule has 0 radical (unpaired) electrons. The van der Waals surface area contributed by atoms with E-state index in [1.165, 1.54) is 0 Å². The van der Waals surface area contributed by atoms with Crippen LogP contribution in [-0.4, -0.2) is 40.2 Å². The van der Waals surface area contributed by atoms with Crippen LogP contribution in [0.4, 0.5) is 0 Å². The molecule has 1 fully saturated rings. The molecule has 0 aliphatic carbocycles. The van der Waals surface area contributed by atoms with E-state index < -0.39 is 0 Å². The predicted octanol–water partition coefficient (Wildman–Crippen LogP) is 1.88. The zero-order chi connectivity index (χ0) is 14.4. The van der Waals surface area contributed by atoms with Gasteiger partial charge < -0.3 is 15.2 Å². The number of rotatable bonds is 7. The van der Waals surface area contributed by atoms with Crippen LogP contribution in [0.25, 0.3) is 0 Å². The Morgan fingerprint density at radius 1 is 1.40 bits per heavy atom. The lowest BCUT2D eigenvalue weighted by Gasteiger charge is -2.36. The van der Waals surface area contributed by atoms with Crippen molar-refractivity contribution in [1.29, 1.82) is 0 Å². The number of aromatic nitrogens is 2. The maximum atomic E-state index is 9.65. The SMILES string of the molecule is CCC(CC)n1ccc(CNC2(CO)CCOCC2)n1. The van der Waals surface area contributed by atoms with E-state index in [4.69, 9.17) is 4.74 Å². The van der Waals surface area contributed by atoms with Crippen LogP contribution < -0.4 is 5.32 Å². The largest absolute Gasteiger partial charge is 0.394 e. The summed E-state index contributed by atoms with van der Waals surface area (Å²) in [7, 11) is 0. The van der Waals surface area contributed by atoms with Gasteiger partial charge in [-0.05, 0) is 31.7 Å². The first-order chi connectivity index (χ1) is 9.73. The first-order valence-corrected chi connectivity index (χ1v) is 7.70. The van der Waals surface area contributed by atoms with Gasteiger partial charge in [0.25, 0.3) is 0 Å². The molecular weight excluding hydrogens is 254 g/mol. The van der Waals surface area contributed by atoms with Crippen LogP contribution in [0.2, 0.25) is 0 Å². The van der Waals surface area contributed by atoms with E-state index in [9.17, 15) is 5.11 Å². The second-order valence-corrected chi connectivity index (χ2v) is 5.66. The molecule has 114 valence electrons. The molecule has 0 atom stereocenters. The van der Waals surface area contributed by atoms with E-state index in [0.29, 0.717) is 12.6 Å². The van der Waals surface area contributed by atoms with E-state index >= 15 is 0 Å². The standard InChI is InChI=1S/C15H27N3O2/c1-3-14(4-2)18-8-5-13(17-18)11-16-15(12-19)6-9-20-10-7-15/h5,8,14,16,19H,3-4,6-7,9-12H2,1-2H3. The Labute approximate surface area is 121 Å². The molecule has 0 unspecified atom stereocenters. The van der Waals surface area contributed by atoms with Gasteiger partial charge in [0.05, 0.1) is 18.3 Å². The van der Waals surface area contributed by atoms with E-state index in [-0.39, 0.29) is 12.1 Å². The number of aliphatic hydroxyl groups is 1. The number of nitrogens with one attached hydrogen (secondary N) is 1. The second kappa shape index (κ2) is 7.20. The number of hydrogen-bond donors (Lipinski definition) is 2. The Hall–Kier alpha value is -0.910. The zero-order valence-corrected chi connectivity index (χ0v) is 12.6. The van der Waals surface area contributed by atoms with Gasteiger partial charge in [0.2, 0.25) is 0 Å². The summed E-state index contributed by atoms with van der Waals surface area (Å²) in [6, 6.07) is 2.55. The normalized spacial score (nSPS) is 18.6. The van der Waals surface area contributed by atoms with Gasteiger partial charge in [0, 0.05) is 31.5 Å². The zero-order valence-electron chi connectivity index (χ0n) is 12.6. The van der Waals surface area contributed by atoms with Crippen molar-refractivity contribution in [1.82, 2.24) is 15.1 Å². The van der Waals surface area contributed by atoms with Crippen molar-refractivity contribution in [3.63, 3.8) is 0 Å². The molecule has 0 bridgehead atoms. The summed E-state index contributed by atoms with van der Waals surface area (Å²) in [6.07, 6.45) is 5.98. The molecule has 2 N–H and O–H groups in total. The van der Waals surface area contributed by atoms with Crippen LogP contribution in [0.15, 0.2) is 12.3 Å². The molecular formula is C15H27N3O2. The molecule has 1 aliphatic rings. The average Bonchev–Trinajstić information content (AvgIpc) is 2.96. The van der Waals surface area contributed by atoms with Gasteiger partial charge in [-0.25, -0.2) is 0 Å². The second-order valence-electron chi connectivity index (χ2n) is 5.66. The molecule has 5 heteroatoms. The fourth-order valence-electron chi connectivity index (χ4n) is 2.77. The predicted molar refractivity (Wildman–Crippen MR) is 78.6 cm³/mol. The molecule has 1 saturated heterocycles. The Kier molecular flexibility index (Phi) is 5.57. The highest BCUT2D eigenvalue weighted by molar-refractivity contribution is 5.01. The quantitative estimate of drug-likeness (QED) is 0.801. The molecule has 0 spiro atoms. The van der Waals surface area contributed by atoms with Crippen LogP contribution in [0.1, 0.15) is 51.3 Å². The van der Waals surface area contributed by atoms with Crippen LogP contribution in [0, 0.1) is 0 Å². The fraction of sp³-hybridized carbons (Fsp3) is 0.800. The highest BCUT2D eigenvalue weighted by atomic mass is 16.5. The smallest absolute Gasteiger partial charge is 0.0762 e. The lowest BCUT2D eigenvalue weighted by Crippen LogP contribution is -2.51. The summed E-state index contributed by atoms with van der Waals surface area (Å²) in [5.41, 5.74) is 0.841. The molecule has 1 aromatic heterocycles. The van der Waals surface area contributed by atoms with E-state index in [1.54, 1.807) is 0 Å². The van der Waals surface area contributed by atoms with Crippen molar-refractivity contribution in [2.75, 3.05) is 19.8 Å². The molecule has 0 aromatic carbocycles. The Balaban J connectivity index is 1.93. The van der Waals surface area contributed by atoms with Crippen LogP contribution in [0.5, 0.6) is 0 Å². The molecule has 0 amide bonds. The van der Waals surface area contributed by atoms with Gasteiger partial charge in [-0.1, -0.05) is 13.8 Å². The minimum absolute atomic E-state index is 0.156. The molecule has 1 aromatic rings. The Morgan fingerprint density at radius 2 is 2.10 bits per heavy atom.